The van der Waals surface area contributed by atoms with Crippen LogP contribution < -0.4 is 21.3 Å². The van der Waals surface area contributed by atoms with E-state index in [4.69, 9.17) is 5.11 Å². The van der Waals surface area contributed by atoms with E-state index in [0.29, 0.717) is 55.0 Å². The first kappa shape index (κ1) is 36.6. The maximum absolute atomic E-state index is 14.2. The molecule has 7 rings (SSSR count). The Hall–Kier alpha value is -5.71. The lowest BCUT2D eigenvalue weighted by atomic mass is 9.81. The lowest BCUT2D eigenvalue weighted by Crippen LogP contribution is -2.55. The second-order valence-corrected chi connectivity index (χ2v) is 14.9. The number of hydrogen-bond acceptors (Lipinski definition) is 5. The Morgan fingerprint density at radius 1 is 0.889 bits per heavy atom. The molecule has 4 amide bonds. The van der Waals surface area contributed by atoms with Crippen LogP contribution >= 0.6 is 0 Å². The van der Waals surface area contributed by atoms with Crippen LogP contribution in [0, 0.1) is 0 Å². The zero-order valence-electron chi connectivity index (χ0n) is 30.4. The number of anilines is 1. The molecule has 1 atom stereocenters. The molecule has 1 unspecified atom stereocenters. The highest BCUT2D eigenvalue weighted by Gasteiger charge is 2.43. The number of aromatic nitrogens is 1. The highest BCUT2D eigenvalue weighted by atomic mass is 16.4. The largest absolute Gasteiger partial charge is 0.478 e. The molecule has 1 aromatic heterocycles. The molecule has 280 valence electrons. The highest BCUT2D eigenvalue weighted by Crippen LogP contribution is 2.44. The molecule has 5 N–H and O–H groups in total. The molecule has 1 aliphatic heterocycles. The van der Waals surface area contributed by atoms with Crippen molar-refractivity contribution in [2.45, 2.75) is 94.7 Å². The van der Waals surface area contributed by atoms with Crippen LogP contribution in [-0.2, 0) is 25.7 Å². The summed E-state index contributed by atoms with van der Waals surface area (Å²) < 4.78 is 2.04. The van der Waals surface area contributed by atoms with Gasteiger partial charge in [-0.2, -0.15) is 0 Å². The van der Waals surface area contributed by atoms with Gasteiger partial charge in [-0.05, 0) is 85.1 Å². The van der Waals surface area contributed by atoms with Crippen LogP contribution in [0.4, 0.5) is 5.69 Å². The molecule has 0 bridgehead atoms. The van der Waals surface area contributed by atoms with E-state index in [-0.39, 0.29) is 36.2 Å². The molecule has 4 aromatic rings. The van der Waals surface area contributed by atoms with Gasteiger partial charge in [0, 0.05) is 41.7 Å². The number of aliphatic carboxylic acids is 1. The monoisotopic (exact) mass is 729 g/mol. The number of carboxylic acid groups (broad SMARTS) is 1. The number of fused-ring (bicyclic) bond motifs is 1. The fourth-order valence-corrected chi connectivity index (χ4v) is 8.43. The second kappa shape index (κ2) is 16.1. The van der Waals surface area contributed by atoms with E-state index in [1.54, 1.807) is 24.3 Å². The first-order valence-electron chi connectivity index (χ1n) is 19.1. The highest BCUT2D eigenvalue weighted by molar-refractivity contribution is 6.06. The van der Waals surface area contributed by atoms with Gasteiger partial charge in [0.05, 0.1) is 11.2 Å². The lowest BCUT2D eigenvalue weighted by Gasteiger charge is -2.29. The van der Waals surface area contributed by atoms with Crippen LogP contribution in [0.5, 0.6) is 0 Å². The maximum Gasteiger partial charge on any atom is 0.328 e. The Kier molecular flexibility index (Phi) is 10.9. The van der Waals surface area contributed by atoms with E-state index in [1.165, 1.54) is 18.1 Å². The zero-order chi connectivity index (χ0) is 37.7. The third-order valence-electron chi connectivity index (χ3n) is 11.2. The first-order valence-corrected chi connectivity index (χ1v) is 19.1. The summed E-state index contributed by atoms with van der Waals surface area (Å²) in [4.78, 5) is 64.4. The summed E-state index contributed by atoms with van der Waals surface area (Å²) in [7, 11) is 0. The SMILES string of the molecule is O=C(O)/C=C/c1ccc(NC(=O)C2(NC(=O)c3ccc4c(C5CCCCC5)c(-c5ccccc5)n(CC(=O)NCC5CCC(=O)N5)c4c3)CCCC2)cc1. The average Bonchev–Trinajstić information content (AvgIpc) is 3.92. The summed E-state index contributed by atoms with van der Waals surface area (Å²) in [5, 5.41) is 22.0. The predicted octanol–water partition coefficient (Wildman–Crippen LogP) is 6.53. The number of amides is 4. The van der Waals surface area contributed by atoms with Crippen LogP contribution in [0.25, 0.3) is 28.2 Å². The van der Waals surface area contributed by atoms with Crippen molar-refractivity contribution in [2.24, 2.45) is 0 Å². The maximum atomic E-state index is 14.2. The molecule has 11 heteroatoms. The number of carbonyl (C=O) groups is 5. The zero-order valence-corrected chi connectivity index (χ0v) is 30.4. The Balaban J connectivity index is 1.20. The summed E-state index contributed by atoms with van der Waals surface area (Å²) in [6, 6.07) is 22.6. The van der Waals surface area contributed by atoms with E-state index >= 15 is 0 Å². The van der Waals surface area contributed by atoms with Crippen LogP contribution in [0.1, 0.15) is 98.0 Å². The van der Waals surface area contributed by atoms with Crippen molar-refractivity contribution < 1.29 is 29.1 Å². The number of rotatable bonds is 12. The standard InChI is InChI=1S/C43H47N5O6/c49-36-21-19-33(45-36)26-44-37(50)27-48-35-25-31(16-20-34(35)39(29-9-3-1-4-10-29)40(48)30-11-5-2-6-12-30)41(53)47-43(23-7-8-24-43)42(54)46-32-17-13-28(14-18-32)15-22-38(51)52/h2,5-6,11-18,20,22,25,29,33H,1,3-4,7-10,19,21,23-24,26-27H2,(H,44,50)(H,45,49)(H,46,54)(H,47,53)(H,51,52)/b22-15+. The molecule has 3 aliphatic rings. The van der Waals surface area contributed by atoms with Gasteiger partial charge in [0.15, 0.2) is 0 Å². The normalized spacial score (nSPS) is 18.4. The fraction of sp³-hybridized carbons (Fsp3) is 0.372. The molecular weight excluding hydrogens is 683 g/mol. The minimum atomic E-state index is -1.10. The number of carboxylic acids is 1. The molecule has 11 nitrogen and oxygen atoms in total. The molecule has 2 saturated carbocycles. The number of carbonyl (C=O) groups excluding carboxylic acids is 4. The van der Waals surface area contributed by atoms with Gasteiger partial charge in [-0.1, -0.05) is 80.6 Å². The molecular formula is C43H47N5O6. The van der Waals surface area contributed by atoms with Crippen molar-refractivity contribution in [1.82, 2.24) is 20.5 Å². The third-order valence-corrected chi connectivity index (χ3v) is 11.2. The quantitative estimate of drug-likeness (QED) is 0.104. The molecule has 3 fully saturated rings. The van der Waals surface area contributed by atoms with Crippen LogP contribution in [0.15, 0.2) is 78.9 Å². The summed E-state index contributed by atoms with van der Waals surface area (Å²) in [6.45, 7) is 0.389. The topological polar surface area (TPSA) is 159 Å². The van der Waals surface area contributed by atoms with Crippen molar-refractivity contribution in [3.05, 3.63) is 95.6 Å². The smallest absolute Gasteiger partial charge is 0.328 e. The van der Waals surface area contributed by atoms with Gasteiger partial charge in [0.1, 0.15) is 12.1 Å². The number of benzene rings is 3. The Morgan fingerprint density at radius 2 is 1.63 bits per heavy atom. The summed E-state index contributed by atoms with van der Waals surface area (Å²) in [6.07, 6.45) is 11.8. The summed E-state index contributed by atoms with van der Waals surface area (Å²) >= 11 is 0. The van der Waals surface area contributed by atoms with Gasteiger partial charge in [-0.25, -0.2) is 4.79 Å². The van der Waals surface area contributed by atoms with Crippen molar-refractivity contribution in [3.63, 3.8) is 0 Å². The summed E-state index contributed by atoms with van der Waals surface area (Å²) in [5.74, 6) is -1.58. The number of hydrogen-bond donors (Lipinski definition) is 5. The van der Waals surface area contributed by atoms with E-state index in [0.717, 1.165) is 66.8 Å². The van der Waals surface area contributed by atoms with Gasteiger partial charge in [0.25, 0.3) is 5.91 Å². The van der Waals surface area contributed by atoms with Crippen molar-refractivity contribution >= 4 is 52.3 Å². The van der Waals surface area contributed by atoms with Crippen LogP contribution in [0.2, 0.25) is 0 Å². The minimum Gasteiger partial charge on any atom is -0.478 e. The first-order chi connectivity index (χ1) is 26.2. The van der Waals surface area contributed by atoms with Crippen molar-refractivity contribution in [3.8, 4) is 11.3 Å². The van der Waals surface area contributed by atoms with E-state index < -0.39 is 11.5 Å². The molecule has 0 spiro atoms. The predicted molar refractivity (Wildman–Crippen MR) is 208 cm³/mol. The van der Waals surface area contributed by atoms with Gasteiger partial charge in [0.2, 0.25) is 17.7 Å². The number of nitrogens with one attached hydrogen (secondary N) is 4. The Morgan fingerprint density at radius 3 is 2.31 bits per heavy atom. The van der Waals surface area contributed by atoms with Gasteiger partial charge < -0.3 is 30.9 Å². The fourth-order valence-electron chi connectivity index (χ4n) is 8.43. The van der Waals surface area contributed by atoms with E-state index in [2.05, 4.69) is 33.4 Å². The van der Waals surface area contributed by atoms with Gasteiger partial charge in [-0.3, -0.25) is 19.2 Å². The van der Waals surface area contributed by atoms with Crippen molar-refractivity contribution in [2.75, 3.05) is 11.9 Å². The average molecular weight is 730 g/mol. The van der Waals surface area contributed by atoms with Crippen LogP contribution in [-0.4, -0.2) is 57.4 Å². The van der Waals surface area contributed by atoms with E-state index in [9.17, 15) is 24.0 Å². The van der Waals surface area contributed by atoms with E-state index in [1.807, 2.05) is 41.0 Å². The molecule has 2 aliphatic carbocycles. The Bertz CT molecular complexity index is 2070. The summed E-state index contributed by atoms with van der Waals surface area (Å²) in [5.41, 5.74) is 4.50. The van der Waals surface area contributed by atoms with Gasteiger partial charge in [-0.15, -0.1) is 0 Å². The molecule has 0 radical (unpaired) electrons. The lowest BCUT2D eigenvalue weighted by molar-refractivity contribution is -0.131. The van der Waals surface area contributed by atoms with Crippen LogP contribution in [0.3, 0.4) is 0 Å². The molecule has 3 aromatic carbocycles. The minimum absolute atomic E-state index is 0.00177. The van der Waals surface area contributed by atoms with Crippen molar-refractivity contribution in [1.29, 1.82) is 0 Å². The molecule has 1 saturated heterocycles. The molecule has 2 heterocycles. The molecule has 54 heavy (non-hydrogen) atoms. The Labute approximate surface area is 314 Å². The number of nitrogens with zero attached hydrogens (tertiary/aromatic N) is 1. The second-order valence-electron chi connectivity index (χ2n) is 14.9. The third kappa shape index (κ3) is 8.10. The van der Waals surface area contributed by atoms with Gasteiger partial charge >= 0.3 is 5.97 Å².